The molecule has 0 N–H and O–H groups in total. The van der Waals surface area contributed by atoms with Crippen LogP contribution in [-0.2, 0) is 4.79 Å². The van der Waals surface area contributed by atoms with Crippen LogP contribution in [0.25, 0.3) is 0 Å². The Morgan fingerprint density at radius 3 is 2.53 bits per heavy atom. The fourth-order valence-electron chi connectivity index (χ4n) is 1.03. The van der Waals surface area contributed by atoms with E-state index in [4.69, 9.17) is 0 Å². The van der Waals surface area contributed by atoms with E-state index in [1.165, 1.54) is 19.3 Å². The first-order chi connectivity index (χ1) is 7.31. The lowest BCUT2D eigenvalue weighted by Crippen LogP contribution is -1.71. The van der Waals surface area contributed by atoms with Crippen LogP contribution in [0.5, 0.6) is 0 Å². The Bertz CT molecular complexity index is 257. The third-order valence-electron chi connectivity index (χ3n) is 1.91. The Hall–Kier alpha value is -1.37. The van der Waals surface area contributed by atoms with Gasteiger partial charge in [-0.25, -0.2) is 0 Å². The second kappa shape index (κ2) is 10.7. The lowest BCUT2D eigenvalue weighted by Gasteiger charge is -1.89. The van der Waals surface area contributed by atoms with Gasteiger partial charge in [0.15, 0.2) is 0 Å². The van der Waals surface area contributed by atoms with E-state index in [9.17, 15) is 4.79 Å². The molecule has 0 aromatic heterocycles. The highest BCUT2D eigenvalue weighted by atomic mass is 16.1. The van der Waals surface area contributed by atoms with E-state index in [0.717, 1.165) is 12.7 Å². The number of carbonyl (C=O) groups excluding carboxylic acids is 1. The van der Waals surface area contributed by atoms with Crippen molar-refractivity contribution in [2.75, 3.05) is 0 Å². The largest absolute Gasteiger partial charge is 0.298 e. The van der Waals surface area contributed by atoms with Crippen LogP contribution >= 0.6 is 0 Å². The summed E-state index contributed by atoms with van der Waals surface area (Å²) in [5.41, 5.74) is 0.492. The van der Waals surface area contributed by atoms with Crippen molar-refractivity contribution < 1.29 is 4.79 Å². The molecule has 0 unspecified atom stereocenters. The van der Waals surface area contributed by atoms with Crippen molar-refractivity contribution in [1.82, 2.24) is 0 Å². The van der Waals surface area contributed by atoms with Gasteiger partial charge in [-0.1, -0.05) is 62.8 Å². The Balaban J connectivity index is 3.57. The highest BCUT2D eigenvalue weighted by Gasteiger charge is 1.80. The van der Waals surface area contributed by atoms with Crippen molar-refractivity contribution in [2.45, 2.75) is 32.6 Å². The number of hydrogen-bond acceptors (Lipinski definition) is 1. The standard InChI is InChI=1S/C14H20O/c1-3-4-5-6-7-8-9-10-11-12-14(2)13-15/h7-13H,2-6H2,1H3. The Labute approximate surface area is 92.9 Å². The Morgan fingerprint density at radius 2 is 1.87 bits per heavy atom. The third-order valence-corrected chi connectivity index (χ3v) is 1.91. The smallest absolute Gasteiger partial charge is 0.149 e. The SMILES string of the molecule is C=C(C=O)C=CC=CC=CCCCCC. The van der Waals surface area contributed by atoms with E-state index < -0.39 is 0 Å². The molecular formula is C14H20O. The molecule has 0 saturated heterocycles. The minimum Gasteiger partial charge on any atom is -0.298 e. The molecule has 0 rings (SSSR count). The molecule has 0 bridgehead atoms. The van der Waals surface area contributed by atoms with Crippen LogP contribution in [0.15, 0.2) is 48.6 Å². The second-order valence-corrected chi connectivity index (χ2v) is 3.36. The van der Waals surface area contributed by atoms with Crippen molar-refractivity contribution in [1.29, 1.82) is 0 Å². The van der Waals surface area contributed by atoms with E-state index >= 15 is 0 Å². The minimum atomic E-state index is 0.492. The molecule has 0 aromatic carbocycles. The van der Waals surface area contributed by atoms with Crippen LogP contribution in [0, 0.1) is 0 Å². The summed E-state index contributed by atoms with van der Waals surface area (Å²) in [6.45, 7) is 5.74. The topological polar surface area (TPSA) is 17.1 Å². The zero-order valence-corrected chi connectivity index (χ0v) is 9.49. The average Bonchev–Trinajstić information content (AvgIpc) is 2.26. The summed E-state index contributed by atoms with van der Waals surface area (Å²) in [6.07, 6.45) is 17.3. The first-order valence-electron chi connectivity index (χ1n) is 5.45. The molecule has 0 saturated carbocycles. The van der Waals surface area contributed by atoms with Gasteiger partial charge in [-0.05, 0) is 12.8 Å². The summed E-state index contributed by atoms with van der Waals surface area (Å²) in [5, 5.41) is 0. The number of unbranched alkanes of at least 4 members (excludes halogenated alkanes) is 3. The molecule has 0 spiro atoms. The number of carbonyl (C=O) groups is 1. The summed E-state index contributed by atoms with van der Waals surface area (Å²) < 4.78 is 0. The van der Waals surface area contributed by atoms with Crippen LogP contribution in [0.1, 0.15) is 32.6 Å². The predicted octanol–water partition coefficient (Wildman–Crippen LogP) is 3.99. The molecule has 0 aromatic rings. The normalized spacial score (nSPS) is 11.8. The molecule has 0 radical (unpaired) electrons. The van der Waals surface area contributed by atoms with Crippen LogP contribution in [0.3, 0.4) is 0 Å². The van der Waals surface area contributed by atoms with Crippen molar-refractivity contribution in [3.05, 3.63) is 48.6 Å². The van der Waals surface area contributed by atoms with E-state index in [2.05, 4.69) is 19.6 Å². The van der Waals surface area contributed by atoms with Gasteiger partial charge in [0, 0.05) is 5.57 Å². The van der Waals surface area contributed by atoms with E-state index in [1.807, 2.05) is 24.3 Å². The van der Waals surface area contributed by atoms with E-state index in [0.29, 0.717) is 5.57 Å². The lowest BCUT2D eigenvalue weighted by atomic mass is 10.2. The second-order valence-electron chi connectivity index (χ2n) is 3.36. The number of allylic oxidation sites excluding steroid dienone is 7. The molecule has 15 heavy (non-hydrogen) atoms. The molecule has 1 nitrogen and oxygen atoms in total. The van der Waals surface area contributed by atoms with Crippen LogP contribution < -0.4 is 0 Å². The maximum absolute atomic E-state index is 10.2. The molecule has 0 heterocycles. The summed E-state index contributed by atoms with van der Waals surface area (Å²) >= 11 is 0. The number of aldehydes is 1. The van der Waals surface area contributed by atoms with E-state index in [-0.39, 0.29) is 0 Å². The number of hydrogen-bond donors (Lipinski definition) is 0. The highest BCUT2D eigenvalue weighted by molar-refractivity contribution is 5.76. The lowest BCUT2D eigenvalue weighted by molar-refractivity contribution is -0.104. The van der Waals surface area contributed by atoms with Crippen molar-refractivity contribution in [3.63, 3.8) is 0 Å². The quantitative estimate of drug-likeness (QED) is 0.253. The maximum atomic E-state index is 10.2. The Morgan fingerprint density at radius 1 is 1.13 bits per heavy atom. The zero-order chi connectivity index (χ0) is 11.4. The molecule has 0 aliphatic rings. The van der Waals surface area contributed by atoms with Crippen molar-refractivity contribution in [3.8, 4) is 0 Å². The average molecular weight is 204 g/mol. The maximum Gasteiger partial charge on any atom is 0.149 e. The first kappa shape index (κ1) is 13.6. The molecule has 82 valence electrons. The van der Waals surface area contributed by atoms with Gasteiger partial charge in [-0.15, -0.1) is 0 Å². The fraction of sp³-hybridized carbons (Fsp3) is 0.357. The minimum absolute atomic E-state index is 0.492. The monoisotopic (exact) mass is 204 g/mol. The third kappa shape index (κ3) is 10.6. The summed E-state index contributed by atoms with van der Waals surface area (Å²) in [6, 6.07) is 0. The van der Waals surface area contributed by atoms with Gasteiger partial charge in [-0.2, -0.15) is 0 Å². The van der Waals surface area contributed by atoms with Crippen LogP contribution in [0.2, 0.25) is 0 Å². The fourth-order valence-corrected chi connectivity index (χ4v) is 1.03. The molecule has 0 amide bonds. The summed E-state index contributed by atoms with van der Waals surface area (Å²) in [4.78, 5) is 10.2. The molecule has 0 aliphatic carbocycles. The van der Waals surface area contributed by atoms with Gasteiger partial charge >= 0.3 is 0 Å². The summed E-state index contributed by atoms with van der Waals surface area (Å²) in [7, 11) is 0. The van der Waals surface area contributed by atoms with Crippen molar-refractivity contribution in [2.24, 2.45) is 0 Å². The van der Waals surface area contributed by atoms with Gasteiger partial charge in [0.2, 0.25) is 0 Å². The van der Waals surface area contributed by atoms with Gasteiger partial charge in [0.1, 0.15) is 6.29 Å². The van der Waals surface area contributed by atoms with Crippen molar-refractivity contribution >= 4 is 6.29 Å². The van der Waals surface area contributed by atoms with Crippen LogP contribution in [-0.4, -0.2) is 6.29 Å². The zero-order valence-electron chi connectivity index (χ0n) is 9.49. The van der Waals surface area contributed by atoms with Gasteiger partial charge in [0.05, 0.1) is 0 Å². The predicted molar refractivity (Wildman–Crippen MR) is 66.8 cm³/mol. The molecule has 0 atom stereocenters. The molecule has 0 aliphatic heterocycles. The molecule has 0 fully saturated rings. The van der Waals surface area contributed by atoms with Gasteiger partial charge < -0.3 is 0 Å². The van der Waals surface area contributed by atoms with Gasteiger partial charge in [-0.3, -0.25) is 4.79 Å². The summed E-state index contributed by atoms with van der Waals surface area (Å²) in [5.74, 6) is 0. The van der Waals surface area contributed by atoms with E-state index in [1.54, 1.807) is 6.08 Å². The van der Waals surface area contributed by atoms with Crippen LogP contribution in [0.4, 0.5) is 0 Å². The highest BCUT2D eigenvalue weighted by Crippen LogP contribution is 1.99. The van der Waals surface area contributed by atoms with Gasteiger partial charge in [0.25, 0.3) is 0 Å². The molecule has 1 heteroatoms. The molecular weight excluding hydrogens is 184 g/mol. The Kier molecular flexibility index (Phi) is 9.73. The first-order valence-corrected chi connectivity index (χ1v) is 5.45. The number of rotatable bonds is 8.